The van der Waals surface area contributed by atoms with Crippen LogP contribution in [-0.4, -0.2) is 63.7 Å². The van der Waals surface area contributed by atoms with Gasteiger partial charge in [-0.2, -0.15) is 17.2 Å². The second kappa shape index (κ2) is 10.0. The van der Waals surface area contributed by atoms with E-state index in [2.05, 4.69) is 4.74 Å². The SMILES string of the molecule is CC(C)(C)OC(=O)N1CC(c2ccc(OC(F)F)c(OCC3CC3)c2)C[C@H]1COS(C)(=O)=O. The minimum atomic E-state index is -3.70. The lowest BCUT2D eigenvalue weighted by Crippen LogP contribution is -2.42. The number of amides is 1. The predicted molar refractivity (Wildman–Crippen MR) is 116 cm³/mol. The molecule has 0 N–H and O–H groups in total. The Morgan fingerprint density at radius 3 is 2.45 bits per heavy atom. The lowest BCUT2D eigenvalue weighted by atomic mass is 9.96. The summed E-state index contributed by atoms with van der Waals surface area (Å²) in [7, 11) is -3.70. The van der Waals surface area contributed by atoms with Crippen molar-refractivity contribution in [1.29, 1.82) is 0 Å². The Kier molecular flexibility index (Phi) is 7.73. The van der Waals surface area contributed by atoms with Crippen molar-refractivity contribution < 1.29 is 40.4 Å². The van der Waals surface area contributed by atoms with E-state index in [1.54, 1.807) is 32.9 Å². The van der Waals surface area contributed by atoms with Crippen LogP contribution < -0.4 is 9.47 Å². The highest BCUT2D eigenvalue weighted by atomic mass is 32.2. The molecule has 3 rings (SSSR count). The number of alkyl halides is 2. The molecule has 186 valence electrons. The zero-order chi connectivity index (χ0) is 24.4. The zero-order valence-electron chi connectivity index (χ0n) is 19.3. The molecule has 1 aliphatic carbocycles. The molecular weight excluding hydrogens is 460 g/mol. The molecule has 2 atom stereocenters. The molecule has 1 amide bonds. The van der Waals surface area contributed by atoms with Crippen molar-refractivity contribution in [3.05, 3.63) is 23.8 Å². The Morgan fingerprint density at radius 2 is 1.88 bits per heavy atom. The molecule has 0 aromatic heterocycles. The van der Waals surface area contributed by atoms with Crippen LogP contribution in [0.2, 0.25) is 0 Å². The van der Waals surface area contributed by atoms with Crippen molar-refractivity contribution in [3.8, 4) is 11.5 Å². The quantitative estimate of drug-likeness (QED) is 0.479. The van der Waals surface area contributed by atoms with E-state index in [-0.39, 0.29) is 30.6 Å². The first-order valence-electron chi connectivity index (χ1n) is 10.9. The van der Waals surface area contributed by atoms with Gasteiger partial charge in [0.1, 0.15) is 5.60 Å². The van der Waals surface area contributed by atoms with Gasteiger partial charge in [-0.25, -0.2) is 4.79 Å². The van der Waals surface area contributed by atoms with Gasteiger partial charge in [0, 0.05) is 12.5 Å². The summed E-state index contributed by atoms with van der Waals surface area (Å²) < 4.78 is 69.4. The molecule has 1 unspecified atom stereocenters. The van der Waals surface area contributed by atoms with Crippen molar-refractivity contribution in [2.75, 3.05) is 26.0 Å². The van der Waals surface area contributed by atoms with Gasteiger partial charge in [0.25, 0.3) is 10.1 Å². The number of likely N-dealkylation sites (tertiary alicyclic amines) is 1. The molecule has 0 spiro atoms. The third-order valence-electron chi connectivity index (χ3n) is 5.34. The Hall–Kier alpha value is -2.14. The molecule has 1 saturated heterocycles. The Bertz CT molecular complexity index is 945. The van der Waals surface area contributed by atoms with Crippen LogP contribution in [0, 0.1) is 5.92 Å². The first-order valence-corrected chi connectivity index (χ1v) is 12.7. The maximum absolute atomic E-state index is 12.8. The van der Waals surface area contributed by atoms with E-state index < -0.39 is 34.5 Å². The molecule has 0 bridgehead atoms. The van der Waals surface area contributed by atoms with E-state index in [4.69, 9.17) is 13.7 Å². The van der Waals surface area contributed by atoms with E-state index in [0.29, 0.717) is 18.9 Å². The summed E-state index contributed by atoms with van der Waals surface area (Å²) in [5.74, 6) is 0.391. The summed E-state index contributed by atoms with van der Waals surface area (Å²) in [5.41, 5.74) is 0.0352. The van der Waals surface area contributed by atoms with Gasteiger partial charge in [-0.05, 0) is 63.6 Å². The lowest BCUT2D eigenvalue weighted by Gasteiger charge is -2.28. The summed E-state index contributed by atoms with van der Waals surface area (Å²) in [6.45, 7) is 2.72. The summed E-state index contributed by atoms with van der Waals surface area (Å²) in [4.78, 5) is 14.2. The van der Waals surface area contributed by atoms with Crippen LogP contribution in [0.1, 0.15) is 51.5 Å². The van der Waals surface area contributed by atoms with Crippen LogP contribution in [0.4, 0.5) is 13.6 Å². The Morgan fingerprint density at radius 1 is 1.18 bits per heavy atom. The molecule has 0 radical (unpaired) electrons. The lowest BCUT2D eigenvalue weighted by molar-refractivity contribution is -0.0515. The third kappa shape index (κ3) is 7.99. The van der Waals surface area contributed by atoms with Crippen molar-refractivity contribution >= 4 is 16.2 Å². The number of carbonyl (C=O) groups excluding carboxylic acids is 1. The molecule has 1 saturated carbocycles. The average Bonchev–Trinajstić information content (AvgIpc) is 3.40. The molecule has 8 nitrogen and oxygen atoms in total. The first-order chi connectivity index (χ1) is 15.3. The monoisotopic (exact) mass is 491 g/mol. The maximum atomic E-state index is 12.8. The van der Waals surface area contributed by atoms with Crippen molar-refractivity contribution in [2.24, 2.45) is 5.92 Å². The van der Waals surface area contributed by atoms with Crippen molar-refractivity contribution in [1.82, 2.24) is 4.90 Å². The van der Waals surface area contributed by atoms with E-state index in [9.17, 15) is 22.0 Å². The van der Waals surface area contributed by atoms with Gasteiger partial charge in [0.2, 0.25) is 0 Å². The summed E-state index contributed by atoms with van der Waals surface area (Å²) >= 11 is 0. The Labute approximate surface area is 193 Å². The summed E-state index contributed by atoms with van der Waals surface area (Å²) in [5, 5.41) is 0. The smallest absolute Gasteiger partial charge is 0.410 e. The number of ether oxygens (including phenoxy) is 3. The molecule has 33 heavy (non-hydrogen) atoms. The highest BCUT2D eigenvalue weighted by molar-refractivity contribution is 7.85. The van der Waals surface area contributed by atoms with Gasteiger partial charge < -0.3 is 19.1 Å². The van der Waals surface area contributed by atoms with E-state index in [1.165, 1.54) is 11.0 Å². The van der Waals surface area contributed by atoms with Crippen LogP contribution in [0.15, 0.2) is 18.2 Å². The van der Waals surface area contributed by atoms with Gasteiger partial charge in [-0.15, -0.1) is 0 Å². The highest BCUT2D eigenvalue weighted by Crippen LogP contribution is 2.39. The second-order valence-electron chi connectivity index (χ2n) is 9.55. The number of hydrogen-bond acceptors (Lipinski definition) is 7. The van der Waals surface area contributed by atoms with Crippen molar-refractivity contribution in [3.63, 3.8) is 0 Å². The zero-order valence-corrected chi connectivity index (χ0v) is 20.1. The summed E-state index contributed by atoms with van der Waals surface area (Å²) in [6.07, 6.45) is 2.87. The van der Waals surface area contributed by atoms with Crippen molar-refractivity contribution in [2.45, 2.75) is 64.2 Å². The molecule has 11 heteroatoms. The molecule has 2 fully saturated rings. The van der Waals surface area contributed by atoms with Gasteiger partial charge in [-0.1, -0.05) is 6.07 Å². The van der Waals surface area contributed by atoms with Crippen LogP contribution in [0.25, 0.3) is 0 Å². The number of carbonyl (C=O) groups is 1. The normalized spacial score (nSPS) is 21.4. The molecule has 2 aliphatic rings. The van der Waals surface area contributed by atoms with E-state index in [1.807, 2.05) is 0 Å². The van der Waals surface area contributed by atoms with Crippen LogP contribution in [-0.2, 0) is 19.0 Å². The second-order valence-corrected chi connectivity index (χ2v) is 11.2. The number of benzene rings is 1. The van der Waals surface area contributed by atoms with Gasteiger partial charge in [0.05, 0.1) is 25.5 Å². The minimum Gasteiger partial charge on any atom is -0.489 e. The Balaban J connectivity index is 1.81. The van der Waals surface area contributed by atoms with Gasteiger partial charge in [0.15, 0.2) is 11.5 Å². The fourth-order valence-electron chi connectivity index (χ4n) is 3.64. The van der Waals surface area contributed by atoms with E-state index >= 15 is 0 Å². The molecule has 1 aliphatic heterocycles. The third-order valence-corrected chi connectivity index (χ3v) is 5.91. The van der Waals surface area contributed by atoms with Crippen LogP contribution in [0.3, 0.4) is 0 Å². The molecular formula is C22H31F2NO7S. The number of rotatable bonds is 9. The molecule has 1 heterocycles. The van der Waals surface area contributed by atoms with Gasteiger partial charge in [-0.3, -0.25) is 4.18 Å². The summed E-state index contributed by atoms with van der Waals surface area (Å²) in [6, 6.07) is 4.20. The minimum absolute atomic E-state index is 0.0478. The van der Waals surface area contributed by atoms with Crippen LogP contribution >= 0.6 is 0 Å². The largest absolute Gasteiger partial charge is 0.489 e. The first kappa shape index (κ1) is 25.5. The topological polar surface area (TPSA) is 91.4 Å². The number of halogens is 2. The average molecular weight is 492 g/mol. The standard InChI is InChI=1S/C22H31F2NO7S/c1-22(2,3)32-21(26)25-11-16(9-17(25)13-30-33(4,27)28)15-7-8-18(31-20(23)24)19(10-15)29-12-14-5-6-14/h7-8,10,14,16-17,20H,5-6,9,11-13H2,1-4H3/t16?,17-/m0/s1. The van der Waals surface area contributed by atoms with Crippen LogP contribution in [0.5, 0.6) is 11.5 Å². The molecule has 1 aromatic carbocycles. The predicted octanol–water partition coefficient (Wildman–Crippen LogP) is 4.15. The maximum Gasteiger partial charge on any atom is 0.410 e. The van der Waals surface area contributed by atoms with E-state index in [0.717, 1.165) is 24.7 Å². The fraction of sp³-hybridized carbons (Fsp3) is 0.682. The highest BCUT2D eigenvalue weighted by Gasteiger charge is 2.39. The number of nitrogens with zero attached hydrogens (tertiary/aromatic N) is 1. The van der Waals surface area contributed by atoms with Gasteiger partial charge >= 0.3 is 12.7 Å². The fourth-order valence-corrected chi connectivity index (χ4v) is 4.04. The molecule has 1 aromatic rings. The number of hydrogen-bond donors (Lipinski definition) is 0.